The molecular weight excluding hydrogens is 338 g/mol. The van der Waals surface area contributed by atoms with Gasteiger partial charge in [-0.05, 0) is 0 Å². The Bertz CT molecular complexity index is 582. The van der Waals surface area contributed by atoms with Gasteiger partial charge in [-0.25, -0.2) is 0 Å². The summed E-state index contributed by atoms with van der Waals surface area (Å²) in [7, 11) is 0. The first-order valence-electron chi connectivity index (χ1n) is 7.35. The Morgan fingerprint density at radius 3 is 1.76 bits per heavy atom. The second kappa shape index (κ2) is 8.98. The van der Waals surface area contributed by atoms with Crippen molar-refractivity contribution in [2.75, 3.05) is 6.61 Å². The largest absolute Gasteiger partial charge is 0.463 e. The lowest BCUT2D eigenvalue weighted by atomic mass is 9.94. The monoisotopic (exact) mass is 357 g/mol. The molecule has 1 aliphatic heterocycles. The van der Waals surface area contributed by atoms with Gasteiger partial charge in [0.2, 0.25) is 0 Å². The van der Waals surface area contributed by atoms with Crippen LogP contribution in [0, 0.1) is 11.3 Å². The molecule has 10 nitrogen and oxygen atoms in total. The van der Waals surface area contributed by atoms with Gasteiger partial charge in [0.1, 0.15) is 12.7 Å². The van der Waals surface area contributed by atoms with Gasteiger partial charge in [-0.1, -0.05) is 0 Å². The van der Waals surface area contributed by atoms with E-state index in [1.54, 1.807) is 6.07 Å². The average molecular weight is 357 g/mol. The van der Waals surface area contributed by atoms with Crippen LogP contribution >= 0.6 is 0 Å². The topological polar surface area (TPSA) is 138 Å². The van der Waals surface area contributed by atoms with Crippen LogP contribution < -0.4 is 0 Å². The highest BCUT2D eigenvalue weighted by Crippen LogP contribution is 2.28. The maximum absolute atomic E-state index is 11.4. The van der Waals surface area contributed by atoms with Crippen molar-refractivity contribution in [1.29, 1.82) is 5.26 Å². The summed E-state index contributed by atoms with van der Waals surface area (Å²) in [6, 6.07) is 1.78. The number of carbonyl (C=O) groups excluding carboxylic acids is 4. The zero-order valence-electron chi connectivity index (χ0n) is 14.2. The third-order valence-corrected chi connectivity index (χ3v) is 3.12. The molecule has 1 rings (SSSR count). The second-order valence-electron chi connectivity index (χ2n) is 5.25. The van der Waals surface area contributed by atoms with E-state index in [0.717, 1.165) is 27.7 Å². The van der Waals surface area contributed by atoms with E-state index in [1.165, 1.54) is 0 Å². The molecule has 0 aliphatic carbocycles. The lowest BCUT2D eigenvalue weighted by Crippen LogP contribution is -2.62. The first-order chi connectivity index (χ1) is 11.6. The van der Waals surface area contributed by atoms with Crippen molar-refractivity contribution in [2.24, 2.45) is 0 Å². The predicted octanol–water partition coefficient (Wildman–Crippen LogP) is -0.364. The van der Waals surface area contributed by atoms with E-state index in [-0.39, 0.29) is 6.61 Å². The molecular formula is C15H19NO9. The Balaban J connectivity index is 3.21. The van der Waals surface area contributed by atoms with Crippen LogP contribution in [0.5, 0.6) is 0 Å². The van der Waals surface area contributed by atoms with Gasteiger partial charge in [-0.3, -0.25) is 19.2 Å². The van der Waals surface area contributed by atoms with Crippen LogP contribution in [0.2, 0.25) is 0 Å². The summed E-state index contributed by atoms with van der Waals surface area (Å²) in [5.41, 5.74) is 0. The van der Waals surface area contributed by atoms with Gasteiger partial charge in [0.05, 0.1) is 6.07 Å². The van der Waals surface area contributed by atoms with Crippen LogP contribution in [-0.4, -0.2) is 61.0 Å². The fourth-order valence-corrected chi connectivity index (χ4v) is 2.33. The summed E-state index contributed by atoms with van der Waals surface area (Å²) in [4.78, 5) is 45.2. The van der Waals surface area contributed by atoms with Crippen molar-refractivity contribution in [3.05, 3.63) is 0 Å². The fourth-order valence-electron chi connectivity index (χ4n) is 2.33. The minimum Gasteiger partial charge on any atom is -0.463 e. The highest BCUT2D eigenvalue weighted by atomic mass is 16.7. The first-order valence-corrected chi connectivity index (χ1v) is 7.35. The van der Waals surface area contributed by atoms with E-state index in [9.17, 15) is 24.4 Å². The van der Waals surface area contributed by atoms with Gasteiger partial charge >= 0.3 is 23.9 Å². The van der Waals surface area contributed by atoms with Gasteiger partial charge in [0.25, 0.3) is 0 Å². The molecule has 1 aliphatic rings. The second-order valence-corrected chi connectivity index (χ2v) is 5.25. The van der Waals surface area contributed by atoms with Crippen LogP contribution in [-0.2, 0) is 42.9 Å². The minimum absolute atomic E-state index is 0.351. The summed E-state index contributed by atoms with van der Waals surface area (Å²) in [6.45, 7) is 4.14. The molecule has 1 fully saturated rings. The predicted molar refractivity (Wildman–Crippen MR) is 77.6 cm³/mol. The standard InChI is InChI=1S/C15H19NO9/c1-7(17)21-6-12-14(23-9(3)19)15(24-10(4)20)13(22-8(2)18)11(5-16)25-12/h11-15H,6H2,1-4H3/t11?,12-,13+,14-,15-/m1/s1. The molecule has 0 radical (unpaired) electrons. The third-order valence-electron chi connectivity index (χ3n) is 3.12. The van der Waals surface area contributed by atoms with E-state index in [2.05, 4.69) is 0 Å². The van der Waals surface area contributed by atoms with E-state index < -0.39 is 54.4 Å². The Morgan fingerprint density at radius 1 is 0.840 bits per heavy atom. The number of rotatable bonds is 5. The number of carbonyl (C=O) groups is 4. The van der Waals surface area contributed by atoms with Crippen molar-refractivity contribution in [3.63, 3.8) is 0 Å². The van der Waals surface area contributed by atoms with E-state index in [0.29, 0.717) is 0 Å². The summed E-state index contributed by atoms with van der Waals surface area (Å²) in [5, 5.41) is 9.27. The average Bonchev–Trinajstić information content (AvgIpc) is 2.48. The van der Waals surface area contributed by atoms with Crippen molar-refractivity contribution in [3.8, 4) is 6.07 Å². The van der Waals surface area contributed by atoms with Crippen LogP contribution in [0.1, 0.15) is 27.7 Å². The molecule has 0 saturated carbocycles. The van der Waals surface area contributed by atoms with Gasteiger partial charge < -0.3 is 23.7 Å². The molecule has 0 bridgehead atoms. The van der Waals surface area contributed by atoms with Gasteiger partial charge in [0.15, 0.2) is 24.4 Å². The van der Waals surface area contributed by atoms with Crippen LogP contribution in [0.15, 0.2) is 0 Å². The molecule has 0 amide bonds. The van der Waals surface area contributed by atoms with Crippen LogP contribution in [0.4, 0.5) is 0 Å². The number of ether oxygens (including phenoxy) is 5. The molecule has 1 heterocycles. The molecule has 0 aromatic heterocycles. The molecule has 0 N–H and O–H groups in total. The van der Waals surface area contributed by atoms with Crippen LogP contribution in [0.3, 0.4) is 0 Å². The van der Waals surface area contributed by atoms with Crippen molar-refractivity contribution in [2.45, 2.75) is 58.2 Å². The Hall–Kier alpha value is -2.67. The lowest BCUT2D eigenvalue weighted by molar-refractivity contribution is -0.243. The zero-order chi connectivity index (χ0) is 19.1. The number of nitriles is 1. The number of hydrogen-bond acceptors (Lipinski definition) is 10. The summed E-state index contributed by atoms with van der Waals surface area (Å²) >= 11 is 0. The normalized spacial score (nSPS) is 28.2. The summed E-state index contributed by atoms with van der Waals surface area (Å²) < 4.78 is 25.6. The molecule has 0 aromatic rings. The Labute approximate surface area is 143 Å². The zero-order valence-corrected chi connectivity index (χ0v) is 14.2. The summed E-state index contributed by atoms with van der Waals surface area (Å²) in [6.07, 6.45) is -6.27. The number of nitrogens with zero attached hydrogens (tertiary/aromatic N) is 1. The first kappa shape index (κ1) is 20.4. The number of hydrogen-bond donors (Lipinski definition) is 0. The molecule has 5 atom stereocenters. The quantitative estimate of drug-likeness (QED) is 0.473. The highest BCUT2D eigenvalue weighted by Gasteiger charge is 2.52. The smallest absolute Gasteiger partial charge is 0.303 e. The lowest BCUT2D eigenvalue weighted by Gasteiger charge is -2.42. The molecule has 0 spiro atoms. The molecule has 10 heteroatoms. The molecule has 1 unspecified atom stereocenters. The Morgan fingerprint density at radius 2 is 1.32 bits per heavy atom. The fraction of sp³-hybridized carbons (Fsp3) is 0.667. The van der Waals surface area contributed by atoms with E-state index >= 15 is 0 Å². The summed E-state index contributed by atoms with van der Waals surface area (Å²) in [5.74, 6) is -2.84. The third kappa shape index (κ3) is 6.04. The van der Waals surface area contributed by atoms with E-state index in [4.69, 9.17) is 23.7 Å². The minimum atomic E-state index is -1.32. The number of esters is 4. The van der Waals surface area contributed by atoms with E-state index in [1.807, 2.05) is 0 Å². The maximum atomic E-state index is 11.4. The van der Waals surface area contributed by atoms with Crippen molar-refractivity contribution in [1.82, 2.24) is 0 Å². The van der Waals surface area contributed by atoms with Gasteiger partial charge in [0, 0.05) is 27.7 Å². The molecule has 25 heavy (non-hydrogen) atoms. The molecule has 138 valence electrons. The molecule has 1 saturated heterocycles. The van der Waals surface area contributed by atoms with Crippen molar-refractivity contribution < 1.29 is 42.9 Å². The van der Waals surface area contributed by atoms with Gasteiger partial charge in [-0.2, -0.15) is 5.26 Å². The SMILES string of the molecule is CC(=O)OC[C@H]1OC(C#N)[C@H](OC(C)=O)[C@@H](OC(C)=O)[C@@H]1OC(C)=O. The molecule has 0 aromatic carbocycles. The highest BCUT2D eigenvalue weighted by molar-refractivity contribution is 5.68. The maximum Gasteiger partial charge on any atom is 0.303 e. The van der Waals surface area contributed by atoms with Crippen LogP contribution in [0.25, 0.3) is 0 Å². The van der Waals surface area contributed by atoms with Gasteiger partial charge in [-0.15, -0.1) is 0 Å². The van der Waals surface area contributed by atoms with Crippen molar-refractivity contribution >= 4 is 23.9 Å². The Kier molecular flexibility index (Phi) is 7.32.